The van der Waals surface area contributed by atoms with Crippen LogP contribution in [-0.4, -0.2) is 12.0 Å². The van der Waals surface area contributed by atoms with Gasteiger partial charge in [0, 0.05) is 11.3 Å². The number of ketones is 1. The average Bonchev–Trinajstić information content (AvgIpc) is 2.56. The van der Waals surface area contributed by atoms with Gasteiger partial charge < -0.3 is 0 Å². The van der Waals surface area contributed by atoms with Gasteiger partial charge in [0.25, 0.3) is 0 Å². The van der Waals surface area contributed by atoms with E-state index in [1.54, 1.807) is 6.92 Å². The molecule has 0 aliphatic heterocycles. The molecule has 0 aromatic carbocycles. The topological polar surface area (TPSA) is 17.1 Å². The Kier molecular flexibility index (Phi) is 2.52. The van der Waals surface area contributed by atoms with Crippen molar-refractivity contribution in [3.63, 3.8) is 0 Å². The summed E-state index contributed by atoms with van der Waals surface area (Å²) in [4.78, 5) is 12.7. The highest BCUT2D eigenvalue weighted by molar-refractivity contribution is 9.11. The zero-order valence-electron chi connectivity index (χ0n) is 7.72. The van der Waals surface area contributed by atoms with Crippen molar-refractivity contribution in [1.29, 1.82) is 0 Å². The van der Waals surface area contributed by atoms with Crippen LogP contribution in [0.1, 0.15) is 18.2 Å². The van der Waals surface area contributed by atoms with Crippen LogP contribution in [0, 0.1) is 5.41 Å². The van der Waals surface area contributed by atoms with E-state index in [0.29, 0.717) is 12.8 Å². The molecule has 14 heavy (non-hydrogen) atoms. The normalized spacial score (nSPS) is 30.4. The fourth-order valence-corrected chi connectivity index (χ4v) is 2.89. The van der Waals surface area contributed by atoms with Crippen LogP contribution in [0.15, 0.2) is 15.9 Å². The van der Waals surface area contributed by atoms with Crippen LogP contribution in [-0.2, 0) is 11.2 Å². The molecule has 2 rings (SSSR count). The summed E-state index contributed by atoms with van der Waals surface area (Å²) >= 11 is 4.87. The van der Waals surface area contributed by atoms with E-state index in [9.17, 15) is 9.18 Å². The number of Topliss-reactive ketones (excluding diaryl/α,β-unsaturated/α-hetero) is 1. The first-order chi connectivity index (χ1) is 6.52. The van der Waals surface area contributed by atoms with E-state index in [1.807, 2.05) is 12.1 Å². The van der Waals surface area contributed by atoms with Gasteiger partial charge in [0.15, 0.2) is 0 Å². The van der Waals surface area contributed by atoms with Gasteiger partial charge in [0.1, 0.15) is 12.0 Å². The van der Waals surface area contributed by atoms with Gasteiger partial charge in [-0.05, 0) is 41.4 Å². The van der Waals surface area contributed by atoms with Crippen LogP contribution in [0.25, 0.3) is 0 Å². The molecule has 0 bridgehead atoms. The minimum Gasteiger partial charge on any atom is -0.299 e. The molecule has 1 aromatic heterocycles. The van der Waals surface area contributed by atoms with Crippen molar-refractivity contribution in [2.24, 2.45) is 5.41 Å². The first kappa shape index (κ1) is 10.3. The SMILES string of the molecule is CC1(C(=O)Cc2ccc(Br)s2)CC1F. The highest BCUT2D eigenvalue weighted by Gasteiger charge is 2.56. The zero-order chi connectivity index (χ0) is 10.3. The molecule has 2 atom stereocenters. The Morgan fingerprint density at radius 1 is 1.79 bits per heavy atom. The maximum Gasteiger partial charge on any atom is 0.146 e. The molecule has 2 unspecified atom stereocenters. The first-order valence-electron chi connectivity index (χ1n) is 4.44. The summed E-state index contributed by atoms with van der Waals surface area (Å²) < 4.78 is 13.9. The second kappa shape index (κ2) is 3.42. The van der Waals surface area contributed by atoms with Gasteiger partial charge in [-0.1, -0.05) is 0 Å². The number of alkyl halides is 1. The molecule has 1 aromatic rings. The first-order valence-corrected chi connectivity index (χ1v) is 6.05. The van der Waals surface area contributed by atoms with Crippen LogP contribution in [0.5, 0.6) is 0 Å². The van der Waals surface area contributed by atoms with Gasteiger partial charge in [-0.2, -0.15) is 0 Å². The maximum absolute atomic E-state index is 12.9. The average molecular weight is 277 g/mol. The summed E-state index contributed by atoms with van der Waals surface area (Å²) in [6.07, 6.45) is -0.149. The molecule has 1 aliphatic rings. The van der Waals surface area contributed by atoms with E-state index >= 15 is 0 Å². The van der Waals surface area contributed by atoms with Crippen LogP contribution < -0.4 is 0 Å². The molecule has 1 heterocycles. The molecule has 0 saturated heterocycles. The number of hydrogen-bond donors (Lipinski definition) is 0. The van der Waals surface area contributed by atoms with Crippen molar-refractivity contribution < 1.29 is 9.18 Å². The van der Waals surface area contributed by atoms with Gasteiger partial charge >= 0.3 is 0 Å². The largest absolute Gasteiger partial charge is 0.299 e. The van der Waals surface area contributed by atoms with E-state index in [-0.39, 0.29) is 5.78 Å². The third-order valence-electron chi connectivity index (χ3n) is 2.74. The van der Waals surface area contributed by atoms with Crippen molar-refractivity contribution in [1.82, 2.24) is 0 Å². The molecular formula is C10H10BrFOS. The molecule has 1 aliphatic carbocycles. The van der Waals surface area contributed by atoms with Crippen molar-refractivity contribution in [3.05, 3.63) is 20.8 Å². The molecule has 4 heteroatoms. The molecule has 1 fully saturated rings. The quantitative estimate of drug-likeness (QED) is 0.827. The number of thiophene rings is 1. The summed E-state index contributed by atoms with van der Waals surface area (Å²) in [7, 11) is 0. The number of hydrogen-bond acceptors (Lipinski definition) is 2. The van der Waals surface area contributed by atoms with Gasteiger partial charge in [-0.15, -0.1) is 11.3 Å². The minimum atomic E-state index is -0.918. The molecule has 1 nitrogen and oxygen atoms in total. The Labute approximate surface area is 94.5 Å². The molecule has 0 radical (unpaired) electrons. The van der Waals surface area contributed by atoms with E-state index in [2.05, 4.69) is 15.9 Å². The molecule has 0 amide bonds. The fourth-order valence-electron chi connectivity index (χ4n) is 1.41. The lowest BCUT2D eigenvalue weighted by atomic mass is 10.0. The van der Waals surface area contributed by atoms with Crippen molar-refractivity contribution in [2.75, 3.05) is 0 Å². The van der Waals surface area contributed by atoms with Crippen LogP contribution in [0.2, 0.25) is 0 Å². The van der Waals surface area contributed by atoms with Crippen LogP contribution >= 0.6 is 27.3 Å². The number of carbonyl (C=O) groups excluding carboxylic acids is 1. The maximum atomic E-state index is 12.9. The molecule has 1 saturated carbocycles. The Balaban J connectivity index is 2.02. The minimum absolute atomic E-state index is 0.0272. The van der Waals surface area contributed by atoms with Crippen molar-refractivity contribution in [2.45, 2.75) is 25.9 Å². The Morgan fingerprint density at radius 3 is 2.86 bits per heavy atom. The number of halogens is 2. The molecule has 0 spiro atoms. The van der Waals surface area contributed by atoms with Crippen LogP contribution in [0.3, 0.4) is 0 Å². The second-order valence-electron chi connectivity index (χ2n) is 3.89. The fraction of sp³-hybridized carbons (Fsp3) is 0.500. The van der Waals surface area contributed by atoms with Gasteiger partial charge in [-0.25, -0.2) is 4.39 Å². The summed E-state index contributed by atoms with van der Waals surface area (Å²) in [6.45, 7) is 1.71. The van der Waals surface area contributed by atoms with Crippen molar-refractivity contribution in [3.8, 4) is 0 Å². The van der Waals surface area contributed by atoms with E-state index < -0.39 is 11.6 Å². The van der Waals surface area contributed by atoms with Crippen LogP contribution in [0.4, 0.5) is 4.39 Å². The lowest BCUT2D eigenvalue weighted by molar-refractivity contribution is -0.123. The Bertz CT molecular complexity index is 376. The predicted molar refractivity (Wildman–Crippen MR) is 58.4 cm³/mol. The van der Waals surface area contributed by atoms with E-state index in [1.165, 1.54) is 11.3 Å². The number of carbonyl (C=O) groups is 1. The zero-order valence-corrected chi connectivity index (χ0v) is 10.1. The monoisotopic (exact) mass is 276 g/mol. The molecule has 76 valence electrons. The standard InChI is InChI=1S/C10H10BrFOS/c1-10(5-7(10)12)8(13)4-6-2-3-9(11)14-6/h2-3,7H,4-5H2,1H3. The van der Waals surface area contributed by atoms with Crippen molar-refractivity contribution >= 4 is 33.0 Å². The summed E-state index contributed by atoms with van der Waals surface area (Å²) in [6, 6.07) is 3.82. The van der Waals surface area contributed by atoms with Gasteiger partial charge in [0.05, 0.1) is 9.20 Å². The van der Waals surface area contributed by atoms with E-state index in [4.69, 9.17) is 0 Å². The van der Waals surface area contributed by atoms with Gasteiger partial charge in [0.2, 0.25) is 0 Å². The Morgan fingerprint density at radius 2 is 2.43 bits per heavy atom. The molecular weight excluding hydrogens is 267 g/mol. The third kappa shape index (κ3) is 1.77. The summed E-state index contributed by atoms with van der Waals surface area (Å²) in [5, 5.41) is 0. The van der Waals surface area contributed by atoms with E-state index in [0.717, 1.165) is 8.66 Å². The highest BCUT2D eigenvalue weighted by atomic mass is 79.9. The summed E-state index contributed by atoms with van der Waals surface area (Å²) in [5.41, 5.74) is -0.684. The lowest BCUT2D eigenvalue weighted by Gasteiger charge is -2.04. The highest BCUT2D eigenvalue weighted by Crippen LogP contribution is 2.49. The number of rotatable bonds is 3. The summed E-state index contributed by atoms with van der Waals surface area (Å²) in [5.74, 6) is 0.0272. The molecule has 0 N–H and O–H groups in total. The smallest absolute Gasteiger partial charge is 0.146 e. The van der Waals surface area contributed by atoms with Gasteiger partial charge in [-0.3, -0.25) is 4.79 Å². The lowest BCUT2D eigenvalue weighted by Crippen LogP contribution is -2.16. The second-order valence-corrected chi connectivity index (χ2v) is 6.44. The third-order valence-corrected chi connectivity index (χ3v) is 4.36. The Hall–Kier alpha value is -0.220. The predicted octanol–water partition coefficient (Wildman–Crippen LogP) is 3.37.